The molecule has 0 aliphatic heterocycles. The Labute approximate surface area is 96.7 Å². The first-order valence-corrected chi connectivity index (χ1v) is 5.57. The number of rotatable bonds is 4. The first-order chi connectivity index (χ1) is 7.60. The zero-order chi connectivity index (χ0) is 12.1. The Hall–Kier alpha value is -1.35. The van der Waals surface area contributed by atoms with Crippen LogP contribution in [0.25, 0.3) is 0 Å². The standard InChI is InChI=1S/C13H19NO2/c1-4-14(7-8-15)13(16)12-6-5-10(2)11(3)9-12/h5-6,9,15H,4,7-8H2,1-3H3. The van der Waals surface area contributed by atoms with E-state index in [0.29, 0.717) is 18.7 Å². The summed E-state index contributed by atoms with van der Waals surface area (Å²) in [5.74, 6) is -0.0142. The molecule has 1 rings (SSSR count). The van der Waals surface area contributed by atoms with Crippen molar-refractivity contribution in [1.29, 1.82) is 0 Å². The van der Waals surface area contributed by atoms with Gasteiger partial charge in [-0.05, 0) is 44.0 Å². The normalized spacial score (nSPS) is 10.2. The highest BCUT2D eigenvalue weighted by Crippen LogP contribution is 2.11. The number of carbonyl (C=O) groups excluding carboxylic acids is 1. The van der Waals surface area contributed by atoms with Gasteiger partial charge >= 0.3 is 0 Å². The molecule has 0 bridgehead atoms. The van der Waals surface area contributed by atoms with Gasteiger partial charge in [0.2, 0.25) is 0 Å². The van der Waals surface area contributed by atoms with E-state index in [4.69, 9.17) is 5.11 Å². The van der Waals surface area contributed by atoms with Crippen LogP contribution in [0.5, 0.6) is 0 Å². The van der Waals surface area contributed by atoms with Crippen LogP contribution in [0.1, 0.15) is 28.4 Å². The van der Waals surface area contributed by atoms with Gasteiger partial charge in [0.05, 0.1) is 6.61 Å². The molecule has 0 unspecified atom stereocenters. The molecule has 0 heterocycles. The summed E-state index contributed by atoms with van der Waals surface area (Å²) in [6.07, 6.45) is 0. The van der Waals surface area contributed by atoms with Crippen LogP contribution in [0.2, 0.25) is 0 Å². The van der Waals surface area contributed by atoms with Gasteiger partial charge in [-0.25, -0.2) is 0 Å². The van der Waals surface area contributed by atoms with E-state index in [1.54, 1.807) is 4.90 Å². The van der Waals surface area contributed by atoms with Crippen molar-refractivity contribution in [3.05, 3.63) is 34.9 Å². The maximum atomic E-state index is 12.0. The number of hydrogen-bond acceptors (Lipinski definition) is 2. The fraction of sp³-hybridized carbons (Fsp3) is 0.462. The lowest BCUT2D eigenvalue weighted by atomic mass is 10.1. The molecule has 0 aliphatic carbocycles. The molecule has 0 radical (unpaired) electrons. The van der Waals surface area contributed by atoms with Gasteiger partial charge in [-0.2, -0.15) is 0 Å². The van der Waals surface area contributed by atoms with Crippen LogP contribution in [0.3, 0.4) is 0 Å². The summed E-state index contributed by atoms with van der Waals surface area (Å²) in [4.78, 5) is 13.7. The first kappa shape index (κ1) is 12.7. The second kappa shape index (κ2) is 5.66. The zero-order valence-corrected chi connectivity index (χ0v) is 10.2. The van der Waals surface area contributed by atoms with Crippen LogP contribution in [0.15, 0.2) is 18.2 Å². The molecule has 0 atom stereocenters. The van der Waals surface area contributed by atoms with E-state index in [1.807, 2.05) is 39.0 Å². The predicted molar refractivity (Wildman–Crippen MR) is 64.6 cm³/mol. The molecule has 0 saturated heterocycles. The number of aliphatic hydroxyl groups is 1. The largest absolute Gasteiger partial charge is 0.395 e. The van der Waals surface area contributed by atoms with Gasteiger partial charge in [-0.3, -0.25) is 4.79 Å². The highest BCUT2D eigenvalue weighted by molar-refractivity contribution is 5.94. The van der Waals surface area contributed by atoms with Gasteiger partial charge in [-0.15, -0.1) is 0 Å². The van der Waals surface area contributed by atoms with Crippen molar-refractivity contribution in [2.24, 2.45) is 0 Å². The van der Waals surface area contributed by atoms with Crippen LogP contribution in [0.4, 0.5) is 0 Å². The number of likely N-dealkylation sites (N-methyl/N-ethyl adjacent to an activating group) is 1. The second-order valence-electron chi connectivity index (χ2n) is 3.91. The molecule has 1 aromatic rings. The molecule has 0 aliphatic rings. The van der Waals surface area contributed by atoms with E-state index in [-0.39, 0.29) is 12.5 Å². The molecule has 0 fully saturated rings. The summed E-state index contributed by atoms with van der Waals surface area (Å²) in [7, 11) is 0. The Kier molecular flexibility index (Phi) is 4.50. The summed E-state index contributed by atoms with van der Waals surface area (Å²) in [6.45, 7) is 6.94. The SMILES string of the molecule is CCN(CCO)C(=O)c1ccc(C)c(C)c1. The maximum absolute atomic E-state index is 12.0. The van der Waals surface area contributed by atoms with E-state index >= 15 is 0 Å². The fourth-order valence-electron chi connectivity index (χ4n) is 1.58. The van der Waals surface area contributed by atoms with Crippen molar-refractivity contribution in [1.82, 2.24) is 4.90 Å². The first-order valence-electron chi connectivity index (χ1n) is 5.57. The maximum Gasteiger partial charge on any atom is 0.253 e. The molecule has 0 saturated carbocycles. The van der Waals surface area contributed by atoms with Gasteiger partial charge in [0, 0.05) is 18.7 Å². The number of nitrogens with zero attached hydrogens (tertiary/aromatic N) is 1. The predicted octanol–water partition coefficient (Wildman–Crippen LogP) is 1.76. The molecule has 3 heteroatoms. The lowest BCUT2D eigenvalue weighted by Gasteiger charge is -2.20. The van der Waals surface area contributed by atoms with Crippen molar-refractivity contribution in [3.63, 3.8) is 0 Å². The summed E-state index contributed by atoms with van der Waals surface area (Å²) in [6, 6.07) is 5.69. The van der Waals surface area contributed by atoms with E-state index < -0.39 is 0 Å². The van der Waals surface area contributed by atoms with Crippen molar-refractivity contribution in [2.75, 3.05) is 19.7 Å². The van der Waals surface area contributed by atoms with Gasteiger partial charge < -0.3 is 10.0 Å². The third kappa shape index (κ3) is 2.83. The number of hydrogen-bond donors (Lipinski definition) is 1. The molecule has 88 valence electrons. The Morgan fingerprint density at radius 2 is 2.00 bits per heavy atom. The number of benzene rings is 1. The van der Waals surface area contributed by atoms with E-state index in [2.05, 4.69) is 0 Å². The van der Waals surface area contributed by atoms with Crippen LogP contribution in [-0.4, -0.2) is 35.6 Å². The van der Waals surface area contributed by atoms with Crippen LogP contribution >= 0.6 is 0 Å². The number of carbonyl (C=O) groups is 1. The minimum absolute atomic E-state index is 0.00439. The fourth-order valence-corrected chi connectivity index (χ4v) is 1.58. The van der Waals surface area contributed by atoms with Crippen molar-refractivity contribution < 1.29 is 9.90 Å². The smallest absolute Gasteiger partial charge is 0.253 e. The highest BCUT2D eigenvalue weighted by atomic mass is 16.3. The minimum Gasteiger partial charge on any atom is -0.395 e. The number of amides is 1. The molecule has 1 N–H and O–H groups in total. The lowest BCUT2D eigenvalue weighted by Crippen LogP contribution is -2.33. The van der Waals surface area contributed by atoms with Gasteiger partial charge in [0.15, 0.2) is 0 Å². The topological polar surface area (TPSA) is 40.5 Å². The molecule has 16 heavy (non-hydrogen) atoms. The highest BCUT2D eigenvalue weighted by Gasteiger charge is 2.13. The van der Waals surface area contributed by atoms with Crippen molar-refractivity contribution in [2.45, 2.75) is 20.8 Å². The summed E-state index contributed by atoms with van der Waals surface area (Å²) >= 11 is 0. The van der Waals surface area contributed by atoms with Crippen molar-refractivity contribution >= 4 is 5.91 Å². The number of aryl methyl sites for hydroxylation is 2. The van der Waals surface area contributed by atoms with E-state index in [9.17, 15) is 4.79 Å². The molecular formula is C13H19NO2. The number of aliphatic hydroxyl groups excluding tert-OH is 1. The summed E-state index contributed by atoms with van der Waals surface area (Å²) in [5, 5.41) is 8.87. The van der Waals surface area contributed by atoms with E-state index in [0.717, 1.165) is 5.56 Å². The molecule has 3 nitrogen and oxygen atoms in total. The van der Waals surface area contributed by atoms with Gasteiger partial charge in [0.1, 0.15) is 0 Å². The summed E-state index contributed by atoms with van der Waals surface area (Å²) in [5.41, 5.74) is 2.99. The third-order valence-electron chi connectivity index (χ3n) is 2.79. The Bertz CT molecular complexity index is 374. The molecule has 1 aromatic carbocycles. The van der Waals surface area contributed by atoms with Crippen molar-refractivity contribution in [3.8, 4) is 0 Å². The van der Waals surface area contributed by atoms with Crippen LogP contribution in [0, 0.1) is 13.8 Å². The van der Waals surface area contributed by atoms with Gasteiger partial charge in [-0.1, -0.05) is 6.07 Å². The Morgan fingerprint density at radius 3 is 2.50 bits per heavy atom. The Morgan fingerprint density at radius 1 is 1.31 bits per heavy atom. The average molecular weight is 221 g/mol. The quantitative estimate of drug-likeness (QED) is 0.841. The zero-order valence-electron chi connectivity index (χ0n) is 10.2. The Balaban J connectivity index is 2.90. The van der Waals surface area contributed by atoms with Gasteiger partial charge in [0.25, 0.3) is 5.91 Å². The second-order valence-corrected chi connectivity index (χ2v) is 3.91. The average Bonchev–Trinajstić information content (AvgIpc) is 2.28. The third-order valence-corrected chi connectivity index (χ3v) is 2.79. The molecule has 0 aromatic heterocycles. The molecule has 0 spiro atoms. The lowest BCUT2D eigenvalue weighted by molar-refractivity contribution is 0.0732. The van der Waals surface area contributed by atoms with Crippen LogP contribution < -0.4 is 0 Å². The molecule has 1 amide bonds. The monoisotopic (exact) mass is 221 g/mol. The molecular weight excluding hydrogens is 202 g/mol. The van der Waals surface area contributed by atoms with Crippen LogP contribution in [-0.2, 0) is 0 Å². The minimum atomic E-state index is -0.0142. The van der Waals surface area contributed by atoms with E-state index in [1.165, 1.54) is 5.56 Å². The summed E-state index contributed by atoms with van der Waals surface area (Å²) < 4.78 is 0.